The zero-order valence-electron chi connectivity index (χ0n) is 10.9. The third-order valence-electron chi connectivity index (χ3n) is 3.66. The van der Waals surface area contributed by atoms with E-state index in [4.69, 9.17) is 5.73 Å². The summed E-state index contributed by atoms with van der Waals surface area (Å²) in [5.74, 6) is 1.12. The largest absolute Gasteiger partial charge is 0.340 e. The van der Waals surface area contributed by atoms with Crippen LogP contribution in [0.15, 0.2) is 0 Å². The number of nitrogens with zero attached hydrogens (tertiary/aromatic N) is 1. The first kappa shape index (κ1) is 13.5. The molecule has 1 heterocycles. The number of hydrogen-bond donors (Lipinski definition) is 1. The Balaban J connectivity index is 2.50. The molecule has 3 nitrogen and oxygen atoms in total. The van der Waals surface area contributed by atoms with Crippen LogP contribution in [0.4, 0.5) is 0 Å². The molecule has 1 saturated heterocycles. The number of amides is 1. The molecule has 0 aromatic heterocycles. The normalized spacial score (nSPS) is 27.9. The van der Waals surface area contributed by atoms with Crippen LogP contribution in [0.2, 0.25) is 0 Å². The van der Waals surface area contributed by atoms with Crippen LogP contribution in [0, 0.1) is 11.8 Å². The highest BCUT2D eigenvalue weighted by Gasteiger charge is 2.29. The van der Waals surface area contributed by atoms with Gasteiger partial charge in [-0.05, 0) is 45.1 Å². The molecule has 0 aromatic carbocycles. The van der Waals surface area contributed by atoms with Gasteiger partial charge in [-0.25, -0.2) is 0 Å². The van der Waals surface area contributed by atoms with Gasteiger partial charge in [-0.3, -0.25) is 4.79 Å². The minimum absolute atomic E-state index is 0.135. The summed E-state index contributed by atoms with van der Waals surface area (Å²) in [4.78, 5) is 14.3. The first-order chi connectivity index (χ1) is 7.56. The fourth-order valence-corrected chi connectivity index (χ4v) is 2.43. The molecule has 3 heteroatoms. The van der Waals surface area contributed by atoms with Gasteiger partial charge in [0.1, 0.15) is 0 Å². The summed E-state index contributed by atoms with van der Waals surface area (Å²) in [6.07, 6.45) is 4.27. The van der Waals surface area contributed by atoms with Gasteiger partial charge in [0.25, 0.3) is 0 Å². The van der Waals surface area contributed by atoms with Crippen LogP contribution in [-0.4, -0.2) is 29.9 Å². The lowest BCUT2D eigenvalue weighted by molar-refractivity contribution is -0.139. The Morgan fingerprint density at radius 1 is 1.44 bits per heavy atom. The van der Waals surface area contributed by atoms with E-state index in [0.717, 1.165) is 25.8 Å². The third-order valence-corrected chi connectivity index (χ3v) is 3.66. The van der Waals surface area contributed by atoms with Crippen molar-refractivity contribution in [1.82, 2.24) is 4.90 Å². The Morgan fingerprint density at radius 3 is 2.75 bits per heavy atom. The molecular weight excluding hydrogens is 200 g/mol. The zero-order chi connectivity index (χ0) is 12.1. The number of hydrogen-bond acceptors (Lipinski definition) is 2. The first-order valence-corrected chi connectivity index (χ1v) is 6.56. The number of carbonyl (C=O) groups is 1. The van der Waals surface area contributed by atoms with Crippen molar-refractivity contribution in [2.45, 2.75) is 52.5 Å². The van der Waals surface area contributed by atoms with E-state index in [1.54, 1.807) is 0 Å². The lowest BCUT2D eigenvalue weighted by atomic mass is 9.93. The molecule has 1 amide bonds. The number of piperidine rings is 1. The lowest BCUT2D eigenvalue weighted by Gasteiger charge is -2.38. The van der Waals surface area contributed by atoms with Crippen molar-refractivity contribution in [2.75, 3.05) is 13.1 Å². The van der Waals surface area contributed by atoms with E-state index in [-0.39, 0.29) is 5.92 Å². The molecule has 0 bridgehead atoms. The molecule has 0 saturated carbocycles. The Bertz CT molecular complexity index is 230. The van der Waals surface area contributed by atoms with Crippen molar-refractivity contribution in [3.8, 4) is 0 Å². The lowest BCUT2D eigenvalue weighted by Crippen LogP contribution is -2.47. The van der Waals surface area contributed by atoms with Gasteiger partial charge in [0, 0.05) is 18.5 Å². The van der Waals surface area contributed by atoms with Crippen molar-refractivity contribution < 1.29 is 4.79 Å². The molecule has 1 aliphatic rings. The highest BCUT2D eigenvalue weighted by molar-refractivity contribution is 5.78. The van der Waals surface area contributed by atoms with Crippen LogP contribution >= 0.6 is 0 Å². The first-order valence-electron chi connectivity index (χ1n) is 6.56. The van der Waals surface area contributed by atoms with Crippen molar-refractivity contribution >= 4 is 5.91 Å². The van der Waals surface area contributed by atoms with E-state index >= 15 is 0 Å². The maximum atomic E-state index is 12.2. The van der Waals surface area contributed by atoms with E-state index < -0.39 is 0 Å². The van der Waals surface area contributed by atoms with Crippen LogP contribution in [0.1, 0.15) is 46.5 Å². The van der Waals surface area contributed by atoms with Crippen molar-refractivity contribution in [2.24, 2.45) is 17.6 Å². The van der Waals surface area contributed by atoms with E-state index in [2.05, 4.69) is 18.7 Å². The quantitative estimate of drug-likeness (QED) is 0.797. The van der Waals surface area contributed by atoms with Gasteiger partial charge in [0.15, 0.2) is 0 Å². The van der Waals surface area contributed by atoms with E-state index in [1.165, 1.54) is 6.42 Å². The molecule has 3 unspecified atom stereocenters. The molecule has 1 aliphatic heterocycles. The molecule has 0 spiro atoms. The standard InChI is InChI=1S/C13H26N2O/c1-10-6-7-12(3)15(9-10)13(16)11(2)5-4-8-14/h10-12H,4-9,14H2,1-3H3. The Labute approximate surface area is 99.4 Å². The summed E-state index contributed by atoms with van der Waals surface area (Å²) in [6, 6.07) is 0.420. The highest BCUT2D eigenvalue weighted by atomic mass is 16.2. The second kappa shape index (κ2) is 6.24. The molecule has 16 heavy (non-hydrogen) atoms. The van der Waals surface area contributed by atoms with Crippen LogP contribution in [0.5, 0.6) is 0 Å². The highest BCUT2D eigenvalue weighted by Crippen LogP contribution is 2.23. The van der Waals surface area contributed by atoms with Gasteiger partial charge in [-0.2, -0.15) is 0 Å². The van der Waals surface area contributed by atoms with E-state index in [1.807, 2.05) is 6.92 Å². The van der Waals surface area contributed by atoms with Gasteiger partial charge in [-0.15, -0.1) is 0 Å². The number of nitrogens with two attached hydrogens (primary N) is 1. The van der Waals surface area contributed by atoms with Crippen molar-refractivity contribution in [3.63, 3.8) is 0 Å². The molecule has 2 N–H and O–H groups in total. The van der Waals surface area contributed by atoms with Gasteiger partial charge in [-0.1, -0.05) is 13.8 Å². The molecule has 0 aromatic rings. The Kier molecular flexibility index (Phi) is 5.26. The summed E-state index contributed by atoms with van der Waals surface area (Å²) in [6.45, 7) is 8.05. The Hall–Kier alpha value is -0.570. The topological polar surface area (TPSA) is 46.3 Å². The summed E-state index contributed by atoms with van der Waals surface area (Å²) >= 11 is 0. The van der Waals surface area contributed by atoms with Crippen LogP contribution in [0.25, 0.3) is 0 Å². The second-order valence-corrected chi connectivity index (χ2v) is 5.35. The average Bonchev–Trinajstić information content (AvgIpc) is 2.28. The zero-order valence-corrected chi connectivity index (χ0v) is 10.9. The SMILES string of the molecule is CC1CCC(C)N(C(=O)C(C)CCCN)C1. The minimum atomic E-state index is 0.135. The van der Waals surface area contributed by atoms with Crippen molar-refractivity contribution in [1.29, 1.82) is 0 Å². The fraction of sp³-hybridized carbons (Fsp3) is 0.923. The van der Waals surface area contributed by atoms with Gasteiger partial charge in [0.2, 0.25) is 5.91 Å². The van der Waals surface area contributed by atoms with Gasteiger partial charge >= 0.3 is 0 Å². The predicted molar refractivity (Wildman–Crippen MR) is 67.0 cm³/mol. The molecular formula is C13H26N2O. The monoisotopic (exact) mass is 226 g/mol. The third kappa shape index (κ3) is 3.48. The molecule has 1 fully saturated rings. The summed E-state index contributed by atoms with van der Waals surface area (Å²) in [5.41, 5.74) is 5.48. The van der Waals surface area contributed by atoms with Crippen LogP contribution < -0.4 is 5.73 Å². The second-order valence-electron chi connectivity index (χ2n) is 5.35. The number of carbonyl (C=O) groups excluding carboxylic acids is 1. The van der Waals surface area contributed by atoms with Crippen molar-refractivity contribution in [3.05, 3.63) is 0 Å². The fourth-order valence-electron chi connectivity index (χ4n) is 2.43. The van der Waals surface area contributed by atoms with E-state index in [0.29, 0.717) is 24.4 Å². The van der Waals surface area contributed by atoms with Crippen LogP contribution in [-0.2, 0) is 4.79 Å². The van der Waals surface area contributed by atoms with Gasteiger partial charge < -0.3 is 10.6 Å². The summed E-state index contributed by atoms with van der Waals surface area (Å²) < 4.78 is 0. The average molecular weight is 226 g/mol. The van der Waals surface area contributed by atoms with Gasteiger partial charge in [0.05, 0.1) is 0 Å². The number of likely N-dealkylation sites (tertiary alicyclic amines) is 1. The summed E-state index contributed by atoms with van der Waals surface area (Å²) in [5, 5.41) is 0. The molecule has 0 aliphatic carbocycles. The molecule has 1 rings (SSSR count). The smallest absolute Gasteiger partial charge is 0.225 e. The maximum Gasteiger partial charge on any atom is 0.225 e. The molecule has 94 valence electrons. The van der Waals surface area contributed by atoms with Crippen LogP contribution in [0.3, 0.4) is 0 Å². The maximum absolute atomic E-state index is 12.2. The molecule has 0 radical (unpaired) electrons. The predicted octanol–water partition coefficient (Wildman–Crippen LogP) is 2.01. The summed E-state index contributed by atoms with van der Waals surface area (Å²) in [7, 11) is 0. The number of rotatable bonds is 4. The van der Waals surface area contributed by atoms with E-state index in [9.17, 15) is 4.79 Å². The molecule has 3 atom stereocenters. The Morgan fingerprint density at radius 2 is 2.12 bits per heavy atom. The minimum Gasteiger partial charge on any atom is -0.340 e.